The van der Waals surface area contributed by atoms with E-state index in [1.165, 1.54) is 12.1 Å². The molecule has 4 rings (SSSR count). The first-order valence-corrected chi connectivity index (χ1v) is 13.8. The summed E-state index contributed by atoms with van der Waals surface area (Å²) in [5, 5.41) is 9.70. The third-order valence-corrected chi connectivity index (χ3v) is 7.10. The van der Waals surface area contributed by atoms with Crippen LogP contribution in [0.3, 0.4) is 0 Å². The second kappa shape index (κ2) is 12.1. The summed E-state index contributed by atoms with van der Waals surface area (Å²) in [6, 6.07) is 13.2. The van der Waals surface area contributed by atoms with Crippen molar-refractivity contribution in [3.63, 3.8) is 0 Å². The lowest BCUT2D eigenvalue weighted by molar-refractivity contribution is -0.124. The van der Waals surface area contributed by atoms with Gasteiger partial charge in [-0.3, -0.25) is 9.59 Å². The average molecular weight is 551 g/mol. The van der Waals surface area contributed by atoms with E-state index in [0.717, 1.165) is 41.3 Å². The number of nitrogens with one attached hydrogen (secondary N) is 4. The van der Waals surface area contributed by atoms with Crippen molar-refractivity contribution in [1.82, 2.24) is 20.9 Å². The molecule has 4 N–H and O–H groups in total. The molecule has 8 nitrogen and oxygen atoms in total. The molecule has 0 bridgehead atoms. The molecule has 0 saturated heterocycles. The summed E-state index contributed by atoms with van der Waals surface area (Å²) in [5.74, 6) is -0.566. The summed E-state index contributed by atoms with van der Waals surface area (Å²) in [4.78, 5) is 41.2. The fourth-order valence-corrected chi connectivity index (χ4v) is 5.06. The third-order valence-electron chi connectivity index (χ3n) is 7.10. The Morgan fingerprint density at radius 2 is 1.73 bits per heavy atom. The van der Waals surface area contributed by atoms with Crippen LogP contribution in [0.2, 0.25) is 0 Å². The van der Waals surface area contributed by atoms with E-state index in [1.54, 1.807) is 32.9 Å². The Morgan fingerprint density at radius 3 is 2.40 bits per heavy atom. The Labute approximate surface area is 234 Å². The van der Waals surface area contributed by atoms with E-state index >= 15 is 0 Å². The molecule has 1 heterocycles. The summed E-state index contributed by atoms with van der Waals surface area (Å²) in [7, 11) is 0. The van der Waals surface area contributed by atoms with Crippen LogP contribution in [-0.4, -0.2) is 47.1 Å². The second-order valence-corrected chi connectivity index (χ2v) is 12.0. The zero-order valence-electron chi connectivity index (χ0n) is 23.8. The number of rotatable bonds is 8. The molecule has 0 aliphatic heterocycles. The monoisotopic (exact) mass is 550 g/mol. The Morgan fingerprint density at radius 1 is 1.02 bits per heavy atom. The fourth-order valence-electron chi connectivity index (χ4n) is 5.06. The Hall–Kier alpha value is -3.88. The molecule has 1 aliphatic carbocycles. The van der Waals surface area contributed by atoms with E-state index in [1.807, 2.05) is 38.1 Å². The number of amides is 3. The van der Waals surface area contributed by atoms with Gasteiger partial charge in [-0.2, -0.15) is 0 Å². The summed E-state index contributed by atoms with van der Waals surface area (Å²) < 4.78 is 18.6. The van der Waals surface area contributed by atoms with Gasteiger partial charge in [0.15, 0.2) is 0 Å². The van der Waals surface area contributed by atoms with Crippen molar-refractivity contribution in [3.8, 4) is 11.1 Å². The minimum absolute atomic E-state index is 0.0194. The highest BCUT2D eigenvalue weighted by molar-refractivity contribution is 5.98. The van der Waals surface area contributed by atoms with Gasteiger partial charge in [0, 0.05) is 23.5 Å². The number of hydrogen-bond donors (Lipinski definition) is 4. The van der Waals surface area contributed by atoms with Gasteiger partial charge in [0.05, 0.1) is 0 Å². The standard InChI is InChI=1S/C31H39FN4O4/c1-18(2)27(36-30(39)40-31(3,4)5)29(38)34-24-13-6-19(14-24)17-33-28(37)26-16-22-8-7-21(15-25(22)35-26)20-9-11-23(32)12-10-20/h7-12,15-16,18-19,24,27,35H,6,13-14,17H2,1-5H3,(H,33,37)(H,34,38)(H,36,39)/t19-,24+,27+/m0/s1. The number of aromatic nitrogens is 1. The smallest absolute Gasteiger partial charge is 0.408 e. The lowest BCUT2D eigenvalue weighted by Gasteiger charge is -2.26. The van der Waals surface area contributed by atoms with E-state index in [-0.39, 0.29) is 35.5 Å². The molecule has 1 fully saturated rings. The summed E-state index contributed by atoms with van der Waals surface area (Å²) in [6.07, 6.45) is 1.82. The summed E-state index contributed by atoms with van der Waals surface area (Å²) >= 11 is 0. The first-order chi connectivity index (χ1) is 18.9. The molecule has 0 unspecified atom stereocenters. The number of benzene rings is 2. The van der Waals surface area contributed by atoms with E-state index < -0.39 is 17.7 Å². The van der Waals surface area contributed by atoms with Crippen LogP contribution in [0, 0.1) is 17.7 Å². The lowest BCUT2D eigenvalue weighted by atomic mass is 10.0. The number of H-pyrrole nitrogens is 1. The molecule has 0 radical (unpaired) electrons. The van der Waals surface area contributed by atoms with Gasteiger partial charge in [0.1, 0.15) is 23.2 Å². The second-order valence-electron chi connectivity index (χ2n) is 12.0. The van der Waals surface area contributed by atoms with E-state index in [4.69, 9.17) is 4.74 Å². The van der Waals surface area contributed by atoms with Gasteiger partial charge >= 0.3 is 6.09 Å². The first-order valence-electron chi connectivity index (χ1n) is 13.8. The summed E-state index contributed by atoms with van der Waals surface area (Å²) in [6.45, 7) is 9.59. The Balaban J connectivity index is 1.28. The van der Waals surface area contributed by atoms with Crippen LogP contribution in [0.4, 0.5) is 9.18 Å². The minimum Gasteiger partial charge on any atom is -0.444 e. The fraction of sp³-hybridized carbons (Fsp3) is 0.452. The highest BCUT2D eigenvalue weighted by atomic mass is 19.1. The van der Waals surface area contributed by atoms with Crippen molar-refractivity contribution in [2.75, 3.05) is 6.54 Å². The van der Waals surface area contributed by atoms with Gasteiger partial charge < -0.3 is 25.7 Å². The number of hydrogen-bond acceptors (Lipinski definition) is 4. The van der Waals surface area contributed by atoms with Crippen molar-refractivity contribution in [2.45, 2.75) is 71.6 Å². The minimum atomic E-state index is -0.695. The normalized spacial score (nSPS) is 18.0. The predicted octanol–water partition coefficient (Wildman–Crippen LogP) is 5.54. The molecule has 3 aromatic rings. The van der Waals surface area contributed by atoms with E-state index in [9.17, 15) is 18.8 Å². The van der Waals surface area contributed by atoms with Gasteiger partial charge in [-0.15, -0.1) is 0 Å². The van der Waals surface area contributed by atoms with Crippen molar-refractivity contribution >= 4 is 28.8 Å². The molecule has 0 spiro atoms. The number of carbonyl (C=O) groups is 3. The molecule has 214 valence electrons. The van der Waals surface area contributed by atoms with E-state index in [2.05, 4.69) is 20.9 Å². The molecule has 1 saturated carbocycles. The van der Waals surface area contributed by atoms with Gasteiger partial charge in [0.25, 0.3) is 5.91 Å². The van der Waals surface area contributed by atoms with Crippen LogP contribution in [0.5, 0.6) is 0 Å². The maximum absolute atomic E-state index is 13.3. The highest BCUT2D eigenvalue weighted by Gasteiger charge is 2.31. The van der Waals surface area contributed by atoms with Crippen LogP contribution in [-0.2, 0) is 9.53 Å². The quantitative estimate of drug-likeness (QED) is 0.295. The zero-order valence-corrected chi connectivity index (χ0v) is 23.8. The number of alkyl carbamates (subject to hydrolysis) is 1. The van der Waals surface area contributed by atoms with Crippen LogP contribution in [0.1, 0.15) is 64.4 Å². The van der Waals surface area contributed by atoms with Crippen molar-refractivity contribution < 1.29 is 23.5 Å². The van der Waals surface area contributed by atoms with Crippen molar-refractivity contribution in [3.05, 3.63) is 60.0 Å². The first kappa shape index (κ1) is 29.1. The molecule has 40 heavy (non-hydrogen) atoms. The average Bonchev–Trinajstić information content (AvgIpc) is 3.51. The van der Waals surface area contributed by atoms with Crippen molar-refractivity contribution in [2.24, 2.45) is 11.8 Å². The highest BCUT2D eigenvalue weighted by Crippen LogP contribution is 2.27. The van der Waals surface area contributed by atoms with Crippen molar-refractivity contribution in [1.29, 1.82) is 0 Å². The zero-order chi connectivity index (χ0) is 29.0. The SMILES string of the molecule is CC(C)[C@@H](NC(=O)OC(C)(C)C)C(=O)N[C@@H]1CC[C@H](CNC(=O)c2cc3ccc(-c4ccc(F)cc4)cc3[nH]2)C1. The Bertz CT molecular complexity index is 1360. The number of ether oxygens (including phenoxy) is 1. The van der Waals surface area contributed by atoms with E-state index in [0.29, 0.717) is 12.2 Å². The topological polar surface area (TPSA) is 112 Å². The summed E-state index contributed by atoms with van der Waals surface area (Å²) in [5.41, 5.74) is 2.48. The molecule has 1 aliphatic rings. The van der Waals surface area contributed by atoms with Gasteiger partial charge in [-0.1, -0.05) is 38.1 Å². The van der Waals surface area contributed by atoms with Crippen LogP contribution in [0.25, 0.3) is 22.0 Å². The Kier molecular flexibility index (Phi) is 8.81. The van der Waals surface area contributed by atoms with Gasteiger partial charge in [0.2, 0.25) is 5.91 Å². The molecular weight excluding hydrogens is 511 g/mol. The predicted molar refractivity (Wildman–Crippen MR) is 153 cm³/mol. The number of fused-ring (bicyclic) bond motifs is 1. The molecule has 1 aromatic heterocycles. The number of aromatic amines is 1. The van der Waals surface area contributed by atoms with Crippen LogP contribution >= 0.6 is 0 Å². The number of carbonyl (C=O) groups excluding carboxylic acids is 3. The maximum Gasteiger partial charge on any atom is 0.408 e. The largest absolute Gasteiger partial charge is 0.444 e. The maximum atomic E-state index is 13.3. The third kappa shape index (κ3) is 7.61. The molecule has 9 heteroatoms. The molecule has 2 aromatic carbocycles. The molecule has 3 amide bonds. The molecular formula is C31H39FN4O4. The molecule has 3 atom stereocenters. The van der Waals surface area contributed by atoms with Crippen LogP contribution < -0.4 is 16.0 Å². The lowest BCUT2D eigenvalue weighted by Crippen LogP contribution is -2.52. The van der Waals surface area contributed by atoms with Gasteiger partial charge in [-0.25, -0.2) is 9.18 Å². The van der Waals surface area contributed by atoms with Gasteiger partial charge in [-0.05, 0) is 87.3 Å². The van der Waals surface area contributed by atoms with Crippen LogP contribution in [0.15, 0.2) is 48.5 Å². The number of halogens is 1.